The van der Waals surface area contributed by atoms with Gasteiger partial charge in [-0.15, -0.1) is 11.3 Å². The van der Waals surface area contributed by atoms with Crippen molar-refractivity contribution in [2.75, 3.05) is 44.6 Å². The van der Waals surface area contributed by atoms with E-state index in [9.17, 15) is 5.11 Å². The molecule has 0 amide bonds. The lowest BCUT2D eigenvalue weighted by molar-refractivity contribution is -0.0449. The van der Waals surface area contributed by atoms with E-state index in [1.165, 1.54) is 0 Å². The molecule has 1 fully saturated rings. The molecular weight excluding hydrogens is 416 g/mol. The summed E-state index contributed by atoms with van der Waals surface area (Å²) in [6.07, 6.45) is 0.842. The van der Waals surface area contributed by atoms with E-state index in [1.54, 1.807) is 25.6 Å². The molecule has 2 aromatic heterocycles. The van der Waals surface area contributed by atoms with Gasteiger partial charge in [0.25, 0.3) is 0 Å². The van der Waals surface area contributed by atoms with Crippen LogP contribution in [0.2, 0.25) is 0 Å². The fourth-order valence-corrected chi connectivity index (χ4v) is 4.44. The second-order valence-electron chi connectivity index (χ2n) is 7.42. The van der Waals surface area contributed by atoms with Crippen molar-refractivity contribution in [3.63, 3.8) is 0 Å². The lowest BCUT2D eigenvalue weighted by Crippen LogP contribution is -2.38. The number of ether oxygens (including phenoxy) is 2. The summed E-state index contributed by atoms with van der Waals surface area (Å²) in [5.74, 6) is 7.46. The van der Waals surface area contributed by atoms with Crippen molar-refractivity contribution >= 4 is 23.1 Å². The van der Waals surface area contributed by atoms with Crippen molar-refractivity contribution in [3.05, 3.63) is 33.6 Å². The Balaban J connectivity index is 1.93. The third-order valence-corrected chi connectivity index (χ3v) is 6.17. The van der Waals surface area contributed by atoms with E-state index >= 15 is 0 Å². The van der Waals surface area contributed by atoms with E-state index in [-0.39, 0.29) is 37.4 Å². The largest absolute Gasteiger partial charge is 0.396 e. The van der Waals surface area contributed by atoms with Crippen LogP contribution in [0.25, 0.3) is 0 Å². The molecule has 4 atom stereocenters. The average molecular weight is 447 g/mol. The highest BCUT2D eigenvalue weighted by molar-refractivity contribution is 7.10. The Bertz CT molecular complexity index is 897. The lowest BCUT2D eigenvalue weighted by atomic mass is 10.1. The first-order chi connectivity index (χ1) is 15.1. The number of thiophene rings is 1. The highest BCUT2D eigenvalue weighted by atomic mass is 32.1. The molecule has 2 heterocycles. The zero-order chi connectivity index (χ0) is 22.2. The molecule has 0 bridgehead atoms. The van der Waals surface area contributed by atoms with Gasteiger partial charge in [0.2, 0.25) is 5.95 Å². The van der Waals surface area contributed by atoms with Crippen molar-refractivity contribution in [2.24, 2.45) is 5.92 Å². The fourth-order valence-electron chi connectivity index (χ4n) is 3.87. The molecule has 0 unspecified atom stereocenters. The van der Waals surface area contributed by atoms with Crippen LogP contribution in [0.1, 0.15) is 29.0 Å². The van der Waals surface area contributed by atoms with Crippen LogP contribution in [0, 0.1) is 24.7 Å². The molecule has 0 spiro atoms. The standard InChI is InChI=1S/C22H30N4O4S/c1-14-17(8-7-16-6-4-11-31-16)21(26-22(24-14)23-9-5-10-27)25-18-12-15(13-28)19(29-2)20(18)30-3/h4,6,11,15,18-20,27-28H,5,9-10,12-13H2,1-3H3,(H2,23,24,25,26)/t15-,18-,19-,20+/m1/s1. The maximum absolute atomic E-state index is 9.78. The van der Waals surface area contributed by atoms with Gasteiger partial charge in [0.15, 0.2) is 0 Å². The summed E-state index contributed by atoms with van der Waals surface area (Å²) in [6, 6.07) is 3.83. The van der Waals surface area contributed by atoms with Crippen LogP contribution in [0.15, 0.2) is 17.5 Å². The molecular formula is C22H30N4O4S. The molecule has 31 heavy (non-hydrogen) atoms. The molecule has 8 nitrogen and oxygen atoms in total. The number of nitrogens with zero attached hydrogens (tertiary/aromatic N) is 2. The molecule has 0 radical (unpaired) electrons. The maximum atomic E-state index is 9.78. The highest BCUT2D eigenvalue weighted by Gasteiger charge is 2.44. The molecule has 4 N–H and O–H groups in total. The molecule has 3 rings (SSSR count). The normalized spacial score (nSPS) is 22.7. The van der Waals surface area contributed by atoms with Crippen LogP contribution < -0.4 is 10.6 Å². The first kappa shape index (κ1) is 23.4. The van der Waals surface area contributed by atoms with Gasteiger partial charge in [0.05, 0.1) is 28.3 Å². The van der Waals surface area contributed by atoms with E-state index < -0.39 is 0 Å². The predicted octanol–water partition coefficient (Wildman–Crippen LogP) is 1.86. The summed E-state index contributed by atoms with van der Waals surface area (Å²) in [4.78, 5) is 10.2. The van der Waals surface area contributed by atoms with Crippen molar-refractivity contribution < 1.29 is 19.7 Å². The summed E-state index contributed by atoms with van der Waals surface area (Å²) < 4.78 is 11.3. The highest BCUT2D eigenvalue weighted by Crippen LogP contribution is 2.33. The molecule has 1 saturated carbocycles. The molecule has 9 heteroatoms. The summed E-state index contributed by atoms with van der Waals surface area (Å²) in [5, 5.41) is 27.4. The molecule has 0 aromatic carbocycles. The second kappa shape index (κ2) is 11.4. The molecule has 0 saturated heterocycles. The van der Waals surface area contributed by atoms with Crippen LogP contribution >= 0.6 is 11.3 Å². The maximum Gasteiger partial charge on any atom is 0.224 e. The van der Waals surface area contributed by atoms with E-state index in [1.807, 2.05) is 24.4 Å². The Kier molecular flexibility index (Phi) is 8.63. The topological polar surface area (TPSA) is 109 Å². The number of nitrogens with one attached hydrogen (secondary N) is 2. The third kappa shape index (κ3) is 5.73. The van der Waals surface area contributed by atoms with Gasteiger partial charge in [-0.3, -0.25) is 0 Å². The number of methoxy groups -OCH3 is 2. The number of aromatic nitrogens is 2. The number of aliphatic hydroxyl groups is 2. The van der Waals surface area contributed by atoms with Crippen LogP contribution in [0.5, 0.6) is 0 Å². The molecule has 1 aliphatic carbocycles. The van der Waals surface area contributed by atoms with Crippen molar-refractivity contribution in [1.29, 1.82) is 0 Å². The van der Waals surface area contributed by atoms with Gasteiger partial charge in [-0.2, -0.15) is 4.98 Å². The Hall–Kier alpha value is -2.22. The number of aryl methyl sites for hydroxylation is 1. The minimum absolute atomic E-state index is 0.0261. The van der Waals surface area contributed by atoms with E-state index in [2.05, 4.69) is 32.4 Å². The molecule has 0 aliphatic heterocycles. The van der Waals surface area contributed by atoms with Crippen molar-refractivity contribution in [3.8, 4) is 11.8 Å². The Morgan fingerprint density at radius 3 is 2.65 bits per heavy atom. The summed E-state index contributed by atoms with van der Waals surface area (Å²) in [7, 11) is 3.29. The minimum atomic E-state index is -0.235. The quantitative estimate of drug-likeness (QED) is 0.341. The monoisotopic (exact) mass is 446 g/mol. The van der Waals surface area contributed by atoms with Gasteiger partial charge in [-0.1, -0.05) is 17.9 Å². The molecule has 2 aromatic rings. The van der Waals surface area contributed by atoms with Gasteiger partial charge >= 0.3 is 0 Å². The van der Waals surface area contributed by atoms with Gasteiger partial charge in [0, 0.05) is 39.9 Å². The van der Waals surface area contributed by atoms with E-state index in [4.69, 9.17) is 14.6 Å². The smallest absolute Gasteiger partial charge is 0.224 e. The first-order valence-electron chi connectivity index (χ1n) is 10.3. The number of rotatable bonds is 9. The van der Waals surface area contributed by atoms with Crippen LogP contribution in [-0.4, -0.2) is 72.4 Å². The minimum Gasteiger partial charge on any atom is -0.396 e. The third-order valence-electron chi connectivity index (χ3n) is 5.38. The predicted molar refractivity (Wildman–Crippen MR) is 121 cm³/mol. The van der Waals surface area contributed by atoms with Crippen LogP contribution in [0.4, 0.5) is 11.8 Å². The van der Waals surface area contributed by atoms with E-state index in [0.717, 1.165) is 16.1 Å². The van der Waals surface area contributed by atoms with Gasteiger partial charge in [-0.05, 0) is 31.2 Å². The number of aliphatic hydroxyl groups excluding tert-OH is 2. The van der Waals surface area contributed by atoms with E-state index in [0.29, 0.717) is 31.2 Å². The number of hydrogen-bond acceptors (Lipinski definition) is 9. The summed E-state index contributed by atoms with van der Waals surface area (Å²) in [5.41, 5.74) is 1.47. The van der Waals surface area contributed by atoms with Crippen molar-refractivity contribution in [2.45, 2.75) is 38.0 Å². The zero-order valence-corrected chi connectivity index (χ0v) is 18.9. The number of hydrogen-bond donors (Lipinski definition) is 4. The number of anilines is 2. The van der Waals surface area contributed by atoms with Gasteiger partial charge in [-0.25, -0.2) is 4.98 Å². The SMILES string of the molecule is CO[C@@H]1[C@@H](CO)C[C@@H](Nc2nc(NCCCO)nc(C)c2C#Cc2cccs2)[C@@H]1OC. The fraction of sp³-hybridized carbons (Fsp3) is 0.545. The van der Waals surface area contributed by atoms with Crippen molar-refractivity contribution in [1.82, 2.24) is 9.97 Å². The van der Waals surface area contributed by atoms with Crippen LogP contribution in [0.3, 0.4) is 0 Å². The van der Waals surface area contributed by atoms with Gasteiger partial charge < -0.3 is 30.3 Å². The van der Waals surface area contributed by atoms with Gasteiger partial charge in [0.1, 0.15) is 11.9 Å². The Labute approximate surface area is 187 Å². The molecule has 1 aliphatic rings. The Morgan fingerprint density at radius 1 is 1.19 bits per heavy atom. The molecule has 168 valence electrons. The zero-order valence-electron chi connectivity index (χ0n) is 18.1. The lowest BCUT2D eigenvalue weighted by Gasteiger charge is -2.25. The second-order valence-corrected chi connectivity index (χ2v) is 8.36. The first-order valence-corrected chi connectivity index (χ1v) is 11.2. The average Bonchev–Trinajstić information content (AvgIpc) is 3.40. The summed E-state index contributed by atoms with van der Waals surface area (Å²) >= 11 is 1.58. The van der Waals surface area contributed by atoms with Crippen LogP contribution in [-0.2, 0) is 9.47 Å². The summed E-state index contributed by atoms with van der Waals surface area (Å²) in [6.45, 7) is 2.59. The Morgan fingerprint density at radius 2 is 2.00 bits per heavy atom.